The van der Waals surface area contributed by atoms with Gasteiger partial charge in [0.1, 0.15) is 17.1 Å². The zero-order valence-electron chi connectivity index (χ0n) is 21.1. The van der Waals surface area contributed by atoms with E-state index >= 15 is 0 Å². The van der Waals surface area contributed by atoms with Crippen LogP contribution >= 0.6 is 0 Å². The molecule has 1 unspecified atom stereocenters. The summed E-state index contributed by atoms with van der Waals surface area (Å²) in [7, 11) is 2.97. The lowest BCUT2D eigenvalue weighted by Gasteiger charge is -2.21. The predicted octanol–water partition coefficient (Wildman–Crippen LogP) is 4.51. The minimum atomic E-state index is -1.11. The second kappa shape index (κ2) is 12.4. The highest BCUT2D eigenvalue weighted by atomic mass is 16.8. The molecule has 0 aliphatic carbocycles. The van der Waals surface area contributed by atoms with Crippen molar-refractivity contribution < 1.29 is 38.7 Å². The number of hydrogen-bond acceptors (Lipinski definition) is 7. The van der Waals surface area contributed by atoms with Gasteiger partial charge in [-0.3, -0.25) is 0 Å². The molecular weight excluding hydrogens is 440 g/mol. The van der Waals surface area contributed by atoms with E-state index in [1.165, 1.54) is 20.3 Å². The molecule has 5 atom stereocenters. The number of hydrogen-bond donors (Lipinski definition) is 2. The molecule has 1 aliphatic heterocycles. The molecule has 0 radical (unpaired) electrons. The van der Waals surface area contributed by atoms with Crippen LogP contribution < -0.4 is 9.47 Å². The van der Waals surface area contributed by atoms with Gasteiger partial charge >= 0.3 is 5.97 Å². The molecular formula is C26H38O8. The molecule has 8 nitrogen and oxygen atoms in total. The van der Waals surface area contributed by atoms with Crippen molar-refractivity contribution in [3.05, 3.63) is 41.5 Å². The maximum atomic E-state index is 12.0. The Balaban J connectivity index is 2.25. The molecule has 0 amide bonds. The topological polar surface area (TPSA) is 104 Å². The van der Waals surface area contributed by atoms with Gasteiger partial charge in [0, 0.05) is 19.1 Å². The molecule has 34 heavy (non-hydrogen) atoms. The molecule has 1 fully saturated rings. The summed E-state index contributed by atoms with van der Waals surface area (Å²) in [6.45, 7) is 9.45. The van der Waals surface area contributed by atoms with Gasteiger partial charge in [0.15, 0.2) is 12.6 Å². The van der Waals surface area contributed by atoms with E-state index in [9.17, 15) is 15.0 Å². The van der Waals surface area contributed by atoms with Crippen molar-refractivity contribution in [3.63, 3.8) is 0 Å². The number of rotatable bonds is 12. The second-order valence-corrected chi connectivity index (χ2v) is 9.07. The first-order valence-electron chi connectivity index (χ1n) is 11.4. The molecule has 1 aliphatic rings. The van der Waals surface area contributed by atoms with Crippen LogP contribution in [0.1, 0.15) is 57.0 Å². The highest BCUT2D eigenvalue weighted by Crippen LogP contribution is 2.35. The molecule has 0 spiro atoms. The van der Waals surface area contributed by atoms with Crippen LogP contribution in [-0.4, -0.2) is 61.3 Å². The first-order chi connectivity index (χ1) is 16.0. The van der Waals surface area contributed by atoms with E-state index in [0.29, 0.717) is 17.7 Å². The van der Waals surface area contributed by atoms with Crippen LogP contribution in [0.5, 0.6) is 11.5 Å². The van der Waals surface area contributed by atoms with Crippen molar-refractivity contribution >= 4 is 12.0 Å². The first-order valence-corrected chi connectivity index (χ1v) is 11.4. The largest absolute Gasteiger partial charge is 0.497 e. The number of carbonyl (C=O) groups is 1. The lowest BCUT2D eigenvalue weighted by atomic mass is 9.94. The van der Waals surface area contributed by atoms with Gasteiger partial charge in [0.05, 0.1) is 25.4 Å². The van der Waals surface area contributed by atoms with Crippen LogP contribution in [0.4, 0.5) is 0 Å². The van der Waals surface area contributed by atoms with E-state index in [4.69, 9.17) is 23.7 Å². The highest BCUT2D eigenvalue weighted by Gasteiger charge is 2.42. The van der Waals surface area contributed by atoms with Crippen LogP contribution in [-0.2, 0) is 14.2 Å². The van der Waals surface area contributed by atoms with E-state index in [0.717, 1.165) is 0 Å². The summed E-state index contributed by atoms with van der Waals surface area (Å²) in [5.41, 5.74) is 0.476. The normalized spacial score (nSPS) is 22.7. The lowest BCUT2D eigenvalue weighted by Crippen LogP contribution is -2.28. The maximum Gasteiger partial charge on any atom is 0.340 e. The summed E-state index contributed by atoms with van der Waals surface area (Å²) in [5.74, 6) is -1.11. The zero-order chi connectivity index (χ0) is 25.5. The molecule has 0 aromatic heterocycles. The molecule has 0 bridgehead atoms. The summed E-state index contributed by atoms with van der Waals surface area (Å²) in [6, 6.07) is 3.17. The minimum Gasteiger partial charge on any atom is -0.497 e. The Morgan fingerprint density at radius 2 is 1.88 bits per heavy atom. The van der Waals surface area contributed by atoms with Crippen LogP contribution in [0.2, 0.25) is 0 Å². The van der Waals surface area contributed by atoms with Gasteiger partial charge in [-0.1, -0.05) is 38.2 Å². The van der Waals surface area contributed by atoms with Crippen LogP contribution in [0.15, 0.2) is 30.4 Å². The molecule has 1 heterocycles. The molecule has 0 saturated carbocycles. The smallest absolute Gasteiger partial charge is 0.340 e. The molecule has 190 valence electrons. The average molecular weight is 479 g/mol. The number of carboxylic acids is 1. The van der Waals surface area contributed by atoms with Crippen molar-refractivity contribution in [1.29, 1.82) is 0 Å². The molecule has 1 saturated heterocycles. The summed E-state index contributed by atoms with van der Waals surface area (Å²) >= 11 is 0. The van der Waals surface area contributed by atoms with E-state index in [1.54, 1.807) is 19.1 Å². The third-order valence-corrected chi connectivity index (χ3v) is 5.77. The Morgan fingerprint density at radius 1 is 1.18 bits per heavy atom. The highest BCUT2D eigenvalue weighted by molar-refractivity contribution is 5.95. The van der Waals surface area contributed by atoms with Gasteiger partial charge in [0.2, 0.25) is 0 Å². The first kappa shape index (κ1) is 27.9. The van der Waals surface area contributed by atoms with E-state index in [1.807, 2.05) is 39.0 Å². The average Bonchev–Trinajstić information content (AvgIpc) is 3.09. The minimum absolute atomic E-state index is 0.0259. The summed E-state index contributed by atoms with van der Waals surface area (Å²) < 4.78 is 28.0. The van der Waals surface area contributed by atoms with Gasteiger partial charge < -0.3 is 33.9 Å². The number of benzene rings is 1. The van der Waals surface area contributed by atoms with Gasteiger partial charge in [-0.25, -0.2) is 4.79 Å². The summed E-state index contributed by atoms with van der Waals surface area (Å²) in [6.07, 6.45) is 7.32. The van der Waals surface area contributed by atoms with E-state index in [2.05, 4.69) is 6.92 Å². The van der Waals surface area contributed by atoms with Gasteiger partial charge in [-0.2, -0.15) is 0 Å². The van der Waals surface area contributed by atoms with Crippen molar-refractivity contribution in [3.8, 4) is 11.5 Å². The molecule has 1 aromatic carbocycles. The van der Waals surface area contributed by atoms with E-state index < -0.39 is 17.9 Å². The van der Waals surface area contributed by atoms with Crippen LogP contribution in [0.25, 0.3) is 6.08 Å². The fourth-order valence-corrected chi connectivity index (χ4v) is 3.77. The predicted molar refractivity (Wildman–Crippen MR) is 129 cm³/mol. The number of methoxy groups -OCH3 is 2. The van der Waals surface area contributed by atoms with Crippen LogP contribution in [0, 0.1) is 11.8 Å². The molecule has 8 heteroatoms. The van der Waals surface area contributed by atoms with Crippen molar-refractivity contribution in [2.45, 2.75) is 65.1 Å². The standard InChI is InChI=1S/C26H38O8/c1-16(18(3)27)11-12-17(2)24-21(33-26(4,5)34-24)10-8-9-19-13-20(31-7)14-22(32-15-30-6)23(19)25(28)29/h8-9,11-14,16-18,21,24,27H,10,15H2,1-7H3,(H,28,29)/b9-8+,12-11-/t16-,17?,18-,21-,24+/m0/s1. The zero-order valence-corrected chi connectivity index (χ0v) is 21.1. The van der Waals surface area contributed by atoms with Gasteiger partial charge in [-0.05, 0) is 44.7 Å². The van der Waals surface area contributed by atoms with Crippen LogP contribution in [0.3, 0.4) is 0 Å². The summed E-state index contributed by atoms with van der Waals surface area (Å²) in [4.78, 5) is 12.0. The SMILES string of the molecule is COCOc1cc(OC)cc(/C=C/C[C@@H]2OC(C)(C)O[C@@H]2C(C)/C=C\[C@H](C)[C@H](C)O)c1C(=O)O. The van der Waals surface area contributed by atoms with Gasteiger partial charge in [0.25, 0.3) is 0 Å². The number of aliphatic hydroxyl groups is 1. The second-order valence-electron chi connectivity index (χ2n) is 9.07. The third kappa shape index (κ3) is 7.56. The summed E-state index contributed by atoms with van der Waals surface area (Å²) in [5, 5.41) is 19.5. The monoisotopic (exact) mass is 478 g/mol. The fourth-order valence-electron chi connectivity index (χ4n) is 3.77. The van der Waals surface area contributed by atoms with Crippen molar-refractivity contribution in [1.82, 2.24) is 0 Å². The fraction of sp³-hybridized carbons (Fsp3) is 0.577. The van der Waals surface area contributed by atoms with E-state index in [-0.39, 0.29) is 42.1 Å². The quantitative estimate of drug-likeness (QED) is 0.334. The number of carboxylic acid groups (broad SMARTS) is 1. The Morgan fingerprint density at radius 3 is 2.47 bits per heavy atom. The Bertz CT molecular complexity index is 874. The molecule has 1 aromatic rings. The van der Waals surface area contributed by atoms with Gasteiger partial charge in [-0.15, -0.1) is 0 Å². The molecule has 2 N–H and O–H groups in total. The third-order valence-electron chi connectivity index (χ3n) is 5.77. The lowest BCUT2D eigenvalue weighted by molar-refractivity contribution is -0.148. The maximum absolute atomic E-state index is 12.0. The Kier molecular flexibility index (Phi) is 10.1. The van der Waals surface area contributed by atoms with Crippen molar-refractivity contribution in [2.24, 2.45) is 11.8 Å². The number of aromatic carboxylic acids is 1. The molecule has 2 rings (SSSR count). The number of aliphatic hydroxyl groups excluding tert-OH is 1. The number of ether oxygens (including phenoxy) is 5. The Labute approximate surface area is 202 Å². The Hall–Kier alpha value is -2.39. The van der Waals surface area contributed by atoms with Crippen molar-refractivity contribution in [2.75, 3.05) is 21.0 Å².